The monoisotopic (exact) mass is 270 g/mol. The average Bonchev–Trinajstić information content (AvgIpc) is 2.45. The van der Waals surface area contributed by atoms with Crippen molar-refractivity contribution in [3.05, 3.63) is 0 Å². The highest BCUT2D eigenvalue weighted by atomic mass is 16.3. The molecule has 0 radical (unpaired) electrons. The minimum atomic E-state index is -0.841. The molecule has 1 aromatic heterocycles. The molecule has 1 heterocycles. The van der Waals surface area contributed by atoms with E-state index >= 15 is 0 Å². The molecular weight excluding hydrogens is 248 g/mol. The molecule has 0 aliphatic carbocycles. The van der Waals surface area contributed by atoms with Crippen molar-refractivity contribution in [2.24, 2.45) is 0 Å². The summed E-state index contributed by atoms with van der Waals surface area (Å²) in [5.74, 6) is 1.40. The van der Waals surface area contributed by atoms with Gasteiger partial charge in [-0.05, 0) is 13.8 Å². The van der Waals surface area contributed by atoms with Gasteiger partial charge >= 0.3 is 0 Å². The van der Waals surface area contributed by atoms with Crippen molar-refractivity contribution in [2.45, 2.75) is 20.0 Å². The number of anilines is 3. The van der Waals surface area contributed by atoms with E-state index in [1.54, 1.807) is 7.05 Å². The fourth-order valence-corrected chi connectivity index (χ4v) is 1.48. The van der Waals surface area contributed by atoms with Crippen molar-refractivity contribution in [2.75, 3.05) is 48.8 Å². The number of hydrogen-bond donors (Lipinski definition) is 4. The molecule has 108 valence electrons. The Bertz CT molecular complexity index is 385. The maximum absolute atomic E-state index is 9.31. The zero-order valence-electron chi connectivity index (χ0n) is 11.6. The first-order valence-electron chi connectivity index (χ1n) is 6.36. The van der Waals surface area contributed by atoms with Gasteiger partial charge in [0.25, 0.3) is 0 Å². The Morgan fingerprint density at radius 2 is 1.79 bits per heavy atom. The lowest BCUT2D eigenvalue weighted by molar-refractivity contribution is 0.105. The molecular formula is C11H22N6O2. The molecule has 0 spiro atoms. The quantitative estimate of drug-likeness (QED) is 0.502. The Hall–Kier alpha value is -1.67. The molecule has 0 bridgehead atoms. The van der Waals surface area contributed by atoms with Gasteiger partial charge in [-0.2, -0.15) is 15.0 Å². The number of aromatic nitrogens is 3. The second-order valence-corrected chi connectivity index (χ2v) is 3.92. The van der Waals surface area contributed by atoms with E-state index in [0.29, 0.717) is 17.8 Å². The van der Waals surface area contributed by atoms with Crippen LogP contribution in [-0.2, 0) is 0 Å². The Morgan fingerprint density at radius 1 is 1.16 bits per heavy atom. The zero-order valence-corrected chi connectivity index (χ0v) is 11.6. The van der Waals surface area contributed by atoms with Crippen LogP contribution >= 0.6 is 0 Å². The van der Waals surface area contributed by atoms with Crippen LogP contribution in [0.2, 0.25) is 0 Å². The summed E-state index contributed by atoms with van der Waals surface area (Å²) in [6, 6.07) is 0. The van der Waals surface area contributed by atoms with Gasteiger partial charge in [-0.15, -0.1) is 0 Å². The van der Waals surface area contributed by atoms with Crippen LogP contribution in [0.15, 0.2) is 0 Å². The van der Waals surface area contributed by atoms with E-state index < -0.39 is 6.10 Å². The van der Waals surface area contributed by atoms with Crippen LogP contribution in [0.3, 0.4) is 0 Å². The van der Waals surface area contributed by atoms with Crippen LogP contribution in [-0.4, -0.2) is 64.6 Å². The fourth-order valence-electron chi connectivity index (χ4n) is 1.48. The zero-order chi connectivity index (χ0) is 14.3. The van der Waals surface area contributed by atoms with E-state index in [9.17, 15) is 5.11 Å². The SMILES string of the molecule is CCN(CC)c1nc(NC)nc(NCC(O)CO)n1. The minimum Gasteiger partial charge on any atom is -0.394 e. The van der Waals surface area contributed by atoms with Gasteiger partial charge in [0.15, 0.2) is 0 Å². The van der Waals surface area contributed by atoms with Crippen LogP contribution < -0.4 is 15.5 Å². The van der Waals surface area contributed by atoms with Gasteiger partial charge in [0.1, 0.15) is 0 Å². The van der Waals surface area contributed by atoms with Gasteiger partial charge in [-0.1, -0.05) is 0 Å². The standard InChI is InChI=1S/C11H22N6O2/c1-4-17(5-2)11-15-9(12-3)14-10(16-11)13-6-8(19)7-18/h8,18-19H,4-7H2,1-3H3,(H2,12,13,14,15,16). The summed E-state index contributed by atoms with van der Waals surface area (Å²) in [5, 5.41) is 23.8. The number of nitrogens with one attached hydrogen (secondary N) is 2. The van der Waals surface area contributed by atoms with Crippen molar-refractivity contribution in [3.8, 4) is 0 Å². The molecule has 8 nitrogen and oxygen atoms in total. The third-order valence-electron chi connectivity index (χ3n) is 2.60. The third-order valence-corrected chi connectivity index (χ3v) is 2.60. The summed E-state index contributed by atoms with van der Waals surface area (Å²) in [6.45, 7) is 5.51. The molecule has 1 unspecified atom stereocenters. The Kier molecular flexibility index (Phi) is 6.23. The average molecular weight is 270 g/mol. The molecule has 4 N–H and O–H groups in total. The number of aliphatic hydroxyl groups excluding tert-OH is 2. The van der Waals surface area contributed by atoms with Crippen molar-refractivity contribution < 1.29 is 10.2 Å². The lowest BCUT2D eigenvalue weighted by Gasteiger charge is -2.19. The van der Waals surface area contributed by atoms with Crippen LogP contribution in [0.5, 0.6) is 0 Å². The molecule has 0 aromatic carbocycles. The van der Waals surface area contributed by atoms with E-state index in [2.05, 4.69) is 25.6 Å². The Balaban J connectivity index is 2.88. The summed E-state index contributed by atoms with van der Waals surface area (Å²) in [7, 11) is 1.73. The molecule has 19 heavy (non-hydrogen) atoms. The summed E-state index contributed by atoms with van der Waals surface area (Å²) in [5.41, 5.74) is 0. The highest BCUT2D eigenvalue weighted by Crippen LogP contribution is 2.12. The van der Waals surface area contributed by atoms with Gasteiger partial charge in [-0.25, -0.2) is 0 Å². The molecule has 0 amide bonds. The van der Waals surface area contributed by atoms with Gasteiger partial charge in [-0.3, -0.25) is 0 Å². The summed E-state index contributed by atoms with van der Waals surface area (Å²) in [6.07, 6.45) is -0.841. The van der Waals surface area contributed by atoms with Crippen LogP contribution in [0, 0.1) is 0 Å². The van der Waals surface area contributed by atoms with Crippen molar-refractivity contribution in [1.29, 1.82) is 0 Å². The van der Waals surface area contributed by atoms with Crippen molar-refractivity contribution in [1.82, 2.24) is 15.0 Å². The lowest BCUT2D eigenvalue weighted by atomic mass is 10.4. The third kappa shape index (κ3) is 4.49. The summed E-state index contributed by atoms with van der Waals surface area (Å²) in [4.78, 5) is 14.7. The van der Waals surface area contributed by atoms with Crippen LogP contribution in [0.25, 0.3) is 0 Å². The Labute approximate surface area is 112 Å². The van der Waals surface area contributed by atoms with Gasteiger partial charge in [0.2, 0.25) is 17.8 Å². The molecule has 1 atom stereocenters. The van der Waals surface area contributed by atoms with Gasteiger partial charge < -0.3 is 25.7 Å². The molecule has 8 heteroatoms. The number of nitrogens with zero attached hydrogens (tertiary/aromatic N) is 4. The second kappa shape index (κ2) is 7.70. The lowest BCUT2D eigenvalue weighted by Crippen LogP contribution is -2.27. The van der Waals surface area contributed by atoms with Crippen molar-refractivity contribution in [3.63, 3.8) is 0 Å². The highest BCUT2D eigenvalue weighted by Gasteiger charge is 2.11. The topological polar surface area (TPSA) is 106 Å². The molecule has 0 saturated heterocycles. The molecule has 1 rings (SSSR count). The van der Waals surface area contributed by atoms with E-state index in [4.69, 9.17) is 5.11 Å². The van der Waals surface area contributed by atoms with Gasteiger partial charge in [0.05, 0.1) is 12.7 Å². The minimum absolute atomic E-state index is 0.182. The summed E-state index contributed by atoms with van der Waals surface area (Å²) >= 11 is 0. The first kappa shape index (κ1) is 15.4. The summed E-state index contributed by atoms with van der Waals surface area (Å²) < 4.78 is 0. The predicted molar refractivity (Wildman–Crippen MR) is 74.5 cm³/mol. The maximum Gasteiger partial charge on any atom is 0.231 e. The first-order valence-corrected chi connectivity index (χ1v) is 6.36. The van der Waals surface area contributed by atoms with Crippen LogP contribution in [0.1, 0.15) is 13.8 Å². The smallest absolute Gasteiger partial charge is 0.231 e. The first-order chi connectivity index (χ1) is 9.14. The number of hydrogen-bond acceptors (Lipinski definition) is 8. The predicted octanol–water partition coefficient (Wildman–Crippen LogP) is -0.475. The van der Waals surface area contributed by atoms with Crippen LogP contribution in [0.4, 0.5) is 17.8 Å². The second-order valence-electron chi connectivity index (χ2n) is 3.92. The highest BCUT2D eigenvalue weighted by molar-refractivity contribution is 5.43. The number of rotatable bonds is 8. The molecule has 0 aliphatic heterocycles. The van der Waals surface area contributed by atoms with Crippen molar-refractivity contribution >= 4 is 17.8 Å². The molecule has 0 aliphatic rings. The van der Waals surface area contributed by atoms with E-state index in [1.165, 1.54) is 0 Å². The molecule has 1 aromatic rings. The molecule has 0 saturated carbocycles. The fraction of sp³-hybridized carbons (Fsp3) is 0.727. The van der Waals surface area contributed by atoms with E-state index in [1.807, 2.05) is 18.7 Å². The Morgan fingerprint density at radius 3 is 2.32 bits per heavy atom. The largest absolute Gasteiger partial charge is 0.394 e. The normalized spacial score (nSPS) is 12.1. The van der Waals surface area contributed by atoms with E-state index in [0.717, 1.165) is 13.1 Å². The number of aliphatic hydroxyl groups is 2. The van der Waals surface area contributed by atoms with Gasteiger partial charge in [0, 0.05) is 26.7 Å². The maximum atomic E-state index is 9.31. The van der Waals surface area contributed by atoms with E-state index in [-0.39, 0.29) is 13.2 Å². The molecule has 0 fully saturated rings.